The average molecular weight is 490 g/mol. The molecule has 5 aliphatic rings. The van der Waals surface area contributed by atoms with Crippen LogP contribution in [-0.2, 0) is 15.3 Å². The second kappa shape index (κ2) is 8.11. The zero-order chi connectivity index (χ0) is 23.7. The predicted molar refractivity (Wildman–Crippen MR) is 130 cm³/mol. The number of hydrazine groups is 1. The molecule has 35 heavy (non-hydrogen) atoms. The fourth-order valence-electron chi connectivity index (χ4n) is 6.03. The van der Waals surface area contributed by atoms with Crippen molar-refractivity contribution in [3.63, 3.8) is 0 Å². The van der Waals surface area contributed by atoms with Crippen LogP contribution in [0.2, 0.25) is 0 Å². The first-order valence-corrected chi connectivity index (χ1v) is 13.3. The van der Waals surface area contributed by atoms with Gasteiger partial charge in [-0.1, -0.05) is 30.3 Å². The molecule has 1 saturated carbocycles. The Balaban J connectivity index is 1.45. The Hall–Kier alpha value is -2.81. The second-order valence-corrected chi connectivity index (χ2v) is 11.1. The summed E-state index contributed by atoms with van der Waals surface area (Å²) in [5, 5.41) is 14.8. The summed E-state index contributed by atoms with van der Waals surface area (Å²) in [6.07, 6.45) is 3.68. The van der Waals surface area contributed by atoms with Crippen molar-refractivity contribution < 1.29 is 19.4 Å². The predicted octanol–water partition coefficient (Wildman–Crippen LogP) is 2.94. The molecule has 8 heteroatoms. The molecule has 2 fully saturated rings. The van der Waals surface area contributed by atoms with E-state index in [9.17, 15) is 14.7 Å². The lowest BCUT2D eigenvalue weighted by Crippen LogP contribution is -2.68. The third kappa shape index (κ3) is 3.42. The van der Waals surface area contributed by atoms with Gasteiger partial charge in [0.05, 0.1) is 19.3 Å². The Kier molecular flexibility index (Phi) is 4.98. The zero-order valence-electron chi connectivity index (χ0n) is 19.2. The van der Waals surface area contributed by atoms with E-state index in [1.54, 1.807) is 11.2 Å². The van der Waals surface area contributed by atoms with Gasteiger partial charge in [-0.2, -0.15) is 5.01 Å². The number of hydrogen-bond acceptors (Lipinski definition) is 7. The van der Waals surface area contributed by atoms with Crippen molar-refractivity contribution in [2.24, 2.45) is 11.8 Å². The fourth-order valence-corrected chi connectivity index (χ4v) is 7.12. The van der Waals surface area contributed by atoms with E-state index in [0.717, 1.165) is 35.5 Å². The van der Waals surface area contributed by atoms with E-state index in [0.29, 0.717) is 31.7 Å². The largest absolute Gasteiger partial charge is 0.493 e. The summed E-state index contributed by atoms with van der Waals surface area (Å²) in [6, 6.07) is 13.5. The van der Waals surface area contributed by atoms with E-state index in [-0.39, 0.29) is 11.9 Å². The van der Waals surface area contributed by atoms with Crippen molar-refractivity contribution >= 4 is 23.5 Å². The monoisotopic (exact) mass is 489 g/mol. The van der Waals surface area contributed by atoms with Crippen molar-refractivity contribution in [2.45, 2.75) is 41.7 Å². The Labute approximate surface area is 208 Å². The van der Waals surface area contributed by atoms with Crippen molar-refractivity contribution in [1.29, 1.82) is 0 Å². The van der Waals surface area contributed by atoms with Gasteiger partial charge in [-0.25, -0.2) is 0 Å². The molecule has 1 aliphatic carbocycles. The molecule has 0 radical (unpaired) electrons. The normalized spacial score (nSPS) is 33.2. The van der Waals surface area contributed by atoms with E-state index in [4.69, 9.17) is 4.74 Å². The highest BCUT2D eigenvalue weighted by Crippen LogP contribution is 2.49. The first kappa shape index (κ1) is 21.5. The van der Waals surface area contributed by atoms with Crippen molar-refractivity contribution in [2.75, 3.05) is 19.8 Å². The molecule has 7 nitrogen and oxygen atoms in total. The number of aliphatic hydroxyl groups is 1. The van der Waals surface area contributed by atoms with E-state index in [1.165, 1.54) is 16.5 Å². The lowest BCUT2D eigenvalue weighted by molar-refractivity contribution is -0.185. The van der Waals surface area contributed by atoms with Crippen molar-refractivity contribution in [3.05, 3.63) is 71.4 Å². The molecule has 2 aromatic carbocycles. The molecule has 6 atom stereocenters. The van der Waals surface area contributed by atoms with Gasteiger partial charge in [0.1, 0.15) is 11.9 Å². The van der Waals surface area contributed by atoms with E-state index in [1.807, 2.05) is 22.7 Å². The number of carbonyl (C=O) groups excluding carboxylic acids is 2. The smallest absolute Gasteiger partial charge is 0.251 e. The quantitative estimate of drug-likeness (QED) is 0.610. The molecule has 2 aromatic rings. The van der Waals surface area contributed by atoms with Gasteiger partial charge in [-0.3, -0.25) is 14.6 Å². The second-order valence-electron chi connectivity index (χ2n) is 10.1. The van der Waals surface area contributed by atoms with Crippen LogP contribution < -0.4 is 4.74 Å². The number of benzene rings is 2. The number of amides is 1. The van der Waals surface area contributed by atoms with Crippen LogP contribution in [0.25, 0.3) is 0 Å². The van der Waals surface area contributed by atoms with Crippen LogP contribution in [0, 0.1) is 11.8 Å². The first-order chi connectivity index (χ1) is 17.1. The molecule has 4 heterocycles. The fraction of sp³-hybridized carbons (Fsp3) is 0.407. The highest BCUT2D eigenvalue weighted by Gasteiger charge is 2.50. The number of ketones is 1. The molecule has 180 valence electrons. The number of fused-ring (bicyclic) bond motifs is 8. The molecule has 3 unspecified atom stereocenters. The molecule has 1 amide bonds. The zero-order valence-corrected chi connectivity index (χ0v) is 20.1. The van der Waals surface area contributed by atoms with Crippen LogP contribution in [0.15, 0.2) is 59.6 Å². The summed E-state index contributed by atoms with van der Waals surface area (Å²) in [5.74, 6) is 2.15. The molecule has 0 aromatic heterocycles. The van der Waals surface area contributed by atoms with E-state index < -0.39 is 17.9 Å². The summed E-state index contributed by atoms with van der Waals surface area (Å²) in [6.45, 7) is 1.69. The number of ether oxygens (including phenoxy) is 1. The maximum absolute atomic E-state index is 13.6. The minimum absolute atomic E-state index is 0.179. The number of aliphatic hydroxyl groups excluding tert-OH is 1. The van der Waals surface area contributed by atoms with Gasteiger partial charge >= 0.3 is 0 Å². The van der Waals surface area contributed by atoms with Crippen LogP contribution in [0.5, 0.6) is 5.75 Å². The Morgan fingerprint density at radius 1 is 1.06 bits per heavy atom. The Bertz CT molecular complexity index is 1250. The lowest BCUT2D eigenvalue weighted by Gasteiger charge is -2.52. The van der Waals surface area contributed by atoms with Gasteiger partial charge in [-0.05, 0) is 47.9 Å². The number of hydrogen-bond donors (Lipinski definition) is 1. The third-order valence-electron chi connectivity index (χ3n) is 8.06. The SMILES string of the molecule is O=C1C=CN2C(C(=O)N3CC[C@H]4C[C@H]4COc4cccc5c4[C@H](c4ccccc4SC5)N2C3)C1O. The van der Waals surface area contributed by atoms with Crippen LogP contribution in [0.4, 0.5) is 0 Å². The molecular weight excluding hydrogens is 462 g/mol. The molecule has 4 aliphatic heterocycles. The summed E-state index contributed by atoms with van der Waals surface area (Å²) < 4.78 is 6.51. The van der Waals surface area contributed by atoms with Gasteiger partial charge in [0, 0.05) is 35.0 Å². The van der Waals surface area contributed by atoms with Gasteiger partial charge in [0.25, 0.3) is 5.91 Å². The van der Waals surface area contributed by atoms with E-state index >= 15 is 0 Å². The van der Waals surface area contributed by atoms with Gasteiger partial charge < -0.3 is 14.7 Å². The highest BCUT2D eigenvalue weighted by atomic mass is 32.2. The van der Waals surface area contributed by atoms with E-state index in [2.05, 4.69) is 41.4 Å². The van der Waals surface area contributed by atoms with Crippen LogP contribution in [0.1, 0.15) is 35.6 Å². The summed E-state index contributed by atoms with van der Waals surface area (Å²) >= 11 is 1.81. The van der Waals surface area contributed by atoms with Crippen LogP contribution in [0.3, 0.4) is 0 Å². The average Bonchev–Trinajstić information content (AvgIpc) is 3.65. The van der Waals surface area contributed by atoms with Gasteiger partial charge in [-0.15, -0.1) is 11.8 Å². The third-order valence-corrected chi connectivity index (χ3v) is 9.20. The molecule has 7 rings (SSSR count). The summed E-state index contributed by atoms with van der Waals surface area (Å²) in [7, 11) is 0. The lowest BCUT2D eigenvalue weighted by atomic mass is 9.92. The van der Waals surface area contributed by atoms with Crippen molar-refractivity contribution in [1.82, 2.24) is 14.9 Å². The number of nitrogens with zero attached hydrogens (tertiary/aromatic N) is 3. The maximum atomic E-state index is 13.6. The molecule has 2 bridgehead atoms. The number of carbonyl (C=O) groups is 2. The number of thioether (sulfide) groups is 1. The molecule has 1 N–H and O–H groups in total. The maximum Gasteiger partial charge on any atom is 0.251 e. The highest BCUT2D eigenvalue weighted by molar-refractivity contribution is 7.98. The Morgan fingerprint density at radius 2 is 1.94 bits per heavy atom. The minimum atomic E-state index is -1.39. The van der Waals surface area contributed by atoms with Gasteiger partial charge in [0.2, 0.25) is 0 Å². The molecule has 1 saturated heterocycles. The summed E-state index contributed by atoms with van der Waals surface area (Å²) in [5.41, 5.74) is 3.45. The minimum Gasteiger partial charge on any atom is -0.493 e. The standard InChI is InChI=1S/C27H27N3O4S/c31-20-9-11-29-25(26(20)32)27(33)28-10-8-16-12-18(16)13-34-21-6-3-4-17-14-35-22-7-2-1-5-19(22)24(23(17)21)30(29)15-28/h1-7,9,11,16,18,24-26,32H,8,10,12-15H2/t16-,18-,24-,25?,26?/m0/s1. The summed E-state index contributed by atoms with van der Waals surface area (Å²) in [4.78, 5) is 29.1. The van der Waals surface area contributed by atoms with Gasteiger partial charge in [0.15, 0.2) is 11.8 Å². The molecule has 0 spiro atoms. The topological polar surface area (TPSA) is 73.3 Å². The van der Waals surface area contributed by atoms with Crippen molar-refractivity contribution in [3.8, 4) is 5.75 Å². The first-order valence-electron chi connectivity index (χ1n) is 12.3. The van der Waals surface area contributed by atoms with Crippen LogP contribution in [-0.4, -0.2) is 63.7 Å². The Morgan fingerprint density at radius 3 is 2.86 bits per heavy atom. The molecular formula is C27H27N3O4S. The van der Waals surface area contributed by atoms with Crippen LogP contribution >= 0.6 is 11.8 Å². The number of rotatable bonds is 0.